The molecular formula is C16H14BrN3O3S. The van der Waals surface area contributed by atoms with Gasteiger partial charge >= 0.3 is 0 Å². The Labute approximate surface area is 148 Å². The molecule has 0 spiro atoms. The monoisotopic (exact) mass is 407 g/mol. The van der Waals surface area contributed by atoms with Gasteiger partial charge in [0.2, 0.25) is 0 Å². The minimum atomic E-state index is -3.73. The number of benzene rings is 2. The van der Waals surface area contributed by atoms with Gasteiger partial charge in [0.15, 0.2) is 5.84 Å². The first kappa shape index (κ1) is 16.8. The van der Waals surface area contributed by atoms with Crippen LogP contribution in [0.15, 0.2) is 67.4 Å². The van der Waals surface area contributed by atoms with Crippen molar-refractivity contribution in [3.05, 3.63) is 64.1 Å². The van der Waals surface area contributed by atoms with Gasteiger partial charge in [0.25, 0.3) is 10.0 Å². The number of hydrogen-bond acceptors (Lipinski definition) is 5. The maximum Gasteiger partial charge on any atom is 0.285 e. The third-order valence-electron chi connectivity index (χ3n) is 3.41. The predicted octanol–water partition coefficient (Wildman–Crippen LogP) is 2.23. The third kappa shape index (κ3) is 3.26. The molecule has 8 heteroatoms. The van der Waals surface area contributed by atoms with Gasteiger partial charge in [-0.15, -0.1) is 4.40 Å². The van der Waals surface area contributed by atoms with Gasteiger partial charge in [-0.1, -0.05) is 46.3 Å². The van der Waals surface area contributed by atoms with Gasteiger partial charge in [0.05, 0.1) is 19.4 Å². The number of halogens is 1. The first-order valence-electron chi connectivity index (χ1n) is 7.14. The van der Waals surface area contributed by atoms with Crippen LogP contribution >= 0.6 is 15.9 Å². The van der Waals surface area contributed by atoms with Crippen LogP contribution in [0.5, 0.6) is 0 Å². The van der Waals surface area contributed by atoms with Gasteiger partial charge < -0.3 is 5.11 Å². The molecule has 6 nitrogen and oxygen atoms in total. The highest BCUT2D eigenvalue weighted by Gasteiger charge is 2.31. The predicted molar refractivity (Wildman–Crippen MR) is 95.7 cm³/mol. The number of nitrogens with zero attached hydrogens (tertiary/aromatic N) is 3. The lowest BCUT2D eigenvalue weighted by Crippen LogP contribution is -2.28. The van der Waals surface area contributed by atoms with Crippen molar-refractivity contribution in [2.75, 3.05) is 13.2 Å². The van der Waals surface area contributed by atoms with Gasteiger partial charge in [-0.3, -0.25) is 0 Å². The van der Waals surface area contributed by atoms with E-state index in [0.29, 0.717) is 5.56 Å². The zero-order valence-electron chi connectivity index (χ0n) is 12.5. The zero-order chi connectivity index (χ0) is 17.2. The van der Waals surface area contributed by atoms with Crippen LogP contribution in [0.1, 0.15) is 11.1 Å². The number of hydrogen-bond donors (Lipinski definition) is 1. The number of fused-ring (bicyclic) bond motifs is 1. The van der Waals surface area contributed by atoms with Gasteiger partial charge in [0, 0.05) is 15.6 Å². The van der Waals surface area contributed by atoms with E-state index in [1.54, 1.807) is 24.4 Å². The fourth-order valence-electron chi connectivity index (χ4n) is 2.30. The quantitative estimate of drug-likeness (QED) is 0.622. The van der Waals surface area contributed by atoms with Crippen LogP contribution in [-0.4, -0.2) is 43.7 Å². The molecule has 1 aliphatic rings. The second kappa shape index (κ2) is 6.84. The molecule has 0 fully saturated rings. The van der Waals surface area contributed by atoms with Gasteiger partial charge in [0.1, 0.15) is 4.90 Å². The summed E-state index contributed by atoms with van der Waals surface area (Å²) in [7, 11) is -3.73. The highest BCUT2D eigenvalue weighted by molar-refractivity contribution is 9.10. The normalized spacial score (nSPS) is 15.3. The van der Waals surface area contributed by atoms with Gasteiger partial charge in [-0.2, -0.15) is 13.5 Å². The summed E-state index contributed by atoms with van der Waals surface area (Å²) in [6.07, 6.45) is 1.59. The molecule has 1 aliphatic heterocycles. The lowest BCUT2D eigenvalue weighted by atomic mass is 10.2. The molecule has 24 heavy (non-hydrogen) atoms. The largest absolute Gasteiger partial charge is 0.394 e. The van der Waals surface area contributed by atoms with E-state index in [2.05, 4.69) is 25.4 Å². The summed E-state index contributed by atoms with van der Waals surface area (Å²) in [5.41, 5.74) is 1.31. The summed E-state index contributed by atoms with van der Waals surface area (Å²) in [4.78, 5) is 0.152. The molecule has 0 amide bonds. The van der Waals surface area contributed by atoms with Crippen molar-refractivity contribution in [3.8, 4) is 0 Å². The molecule has 3 rings (SSSR count). The first-order chi connectivity index (χ1) is 11.5. The molecule has 0 unspecified atom stereocenters. The minimum absolute atomic E-state index is 0.129. The Morgan fingerprint density at radius 3 is 2.62 bits per heavy atom. The van der Waals surface area contributed by atoms with Crippen molar-refractivity contribution in [1.82, 2.24) is 5.01 Å². The maximum atomic E-state index is 12.2. The molecule has 0 saturated carbocycles. The fourth-order valence-corrected chi connectivity index (χ4v) is 3.89. The van der Waals surface area contributed by atoms with Crippen LogP contribution in [0.2, 0.25) is 0 Å². The van der Waals surface area contributed by atoms with Crippen molar-refractivity contribution < 1.29 is 13.5 Å². The lowest BCUT2D eigenvalue weighted by Gasteiger charge is -2.17. The second-order valence-corrected chi connectivity index (χ2v) is 7.43. The van der Waals surface area contributed by atoms with Crippen LogP contribution in [0, 0.1) is 0 Å². The molecule has 2 aromatic rings. The summed E-state index contributed by atoms with van der Waals surface area (Å²) in [6, 6.07) is 14.1. The van der Waals surface area contributed by atoms with E-state index in [1.165, 1.54) is 11.1 Å². The number of hydrazone groups is 1. The number of sulfonamides is 1. The third-order valence-corrected chi connectivity index (χ3v) is 5.46. The molecule has 0 radical (unpaired) electrons. The van der Waals surface area contributed by atoms with Crippen molar-refractivity contribution in [1.29, 1.82) is 0 Å². The van der Waals surface area contributed by atoms with Crippen molar-refractivity contribution in [3.63, 3.8) is 0 Å². The van der Waals surface area contributed by atoms with E-state index in [-0.39, 0.29) is 23.9 Å². The van der Waals surface area contributed by atoms with Gasteiger partial charge in [-0.25, -0.2) is 5.01 Å². The number of amidine groups is 1. The molecule has 0 aromatic heterocycles. The molecule has 0 bridgehead atoms. The standard InChI is InChI=1S/C16H14BrN3O3S/c17-14-7-3-1-5-12(14)11-18-20(9-10-21)16-13-6-2-4-8-15(13)24(22,23)19-16/h1-8,11,21H,9-10H2/b18-11-. The number of aliphatic hydroxyl groups excluding tert-OH is 1. The van der Waals surface area contributed by atoms with Crippen LogP contribution < -0.4 is 0 Å². The zero-order valence-corrected chi connectivity index (χ0v) is 14.9. The van der Waals surface area contributed by atoms with E-state index in [0.717, 1.165) is 10.0 Å². The van der Waals surface area contributed by atoms with Crippen molar-refractivity contribution in [2.45, 2.75) is 4.90 Å². The molecule has 1 heterocycles. The molecule has 124 valence electrons. The molecule has 0 atom stereocenters. The molecule has 0 aliphatic carbocycles. The average Bonchev–Trinajstić information content (AvgIpc) is 2.85. The summed E-state index contributed by atoms with van der Waals surface area (Å²) in [5, 5.41) is 15.0. The van der Waals surface area contributed by atoms with E-state index in [4.69, 9.17) is 0 Å². The fraction of sp³-hybridized carbons (Fsp3) is 0.125. The maximum absolute atomic E-state index is 12.2. The molecule has 1 N–H and O–H groups in total. The van der Waals surface area contributed by atoms with Crippen LogP contribution in [0.25, 0.3) is 0 Å². The van der Waals surface area contributed by atoms with E-state index in [9.17, 15) is 13.5 Å². The van der Waals surface area contributed by atoms with Gasteiger partial charge in [-0.05, 0) is 18.2 Å². The molecule has 0 saturated heterocycles. The van der Waals surface area contributed by atoms with Crippen LogP contribution in [-0.2, 0) is 10.0 Å². The highest BCUT2D eigenvalue weighted by Crippen LogP contribution is 2.27. The number of aliphatic hydroxyl groups is 1. The van der Waals surface area contributed by atoms with Crippen LogP contribution in [0.3, 0.4) is 0 Å². The average molecular weight is 408 g/mol. The lowest BCUT2D eigenvalue weighted by molar-refractivity contribution is 0.254. The van der Waals surface area contributed by atoms with Crippen LogP contribution in [0.4, 0.5) is 0 Å². The van der Waals surface area contributed by atoms with E-state index in [1.807, 2.05) is 24.3 Å². The summed E-state index contributed by atoms with van der Waals surface area (Å²) in [5.74, 6) is 0.211. The Morgan fingerprint density at radius 1 is 1.17 bits per heavy atom. The smallest absolute Gasteiger partial charge is 0.285 e. The summed E-state index contributed by atoms with van der Waals surface area (Å²) in [6.45, 7) is -0.0574. The number of rotatable bonds is 4. The Kier molecular flexibility index (Phi) is 4.79. The Balaban J connectivity index is 2.00. The Bertz CT molecular complexity index is 926. The summed E-state index contributed by atoms with van der Waals surface area (Å²) < 4.78 is 29.0. The minimum Gasteiger partial charge on any atom is -0.394 e. The molecule has 2 aromatic carbocycles. The van der Waals surface area contributed by atoms with E-state index >= 15 is 0 Å². The van der Waals surface area contributed by atoms with E-state index < -0.39 is 10.0 Å². The highest BCUT2D eigenvalue weighted by atomic mass is 79.9. The first-order valence-corrected chi connectivity index (χ1v) is 9.37. The molecular weight excluding hydrogens is 394 g/mol. The topological polar surface area (TPSA) is 82.3 Å². The SMILES string of the molecule is O=S1(=O)N=C(N(CCO)/N=C\c2ccccc2Br)c2ccccc21. The summed E-state index contributed by atoms with van der Waals surface area (Å²) >= 11 is 3.43. The van der Waals surface area contributed by atoms with Crippen molar-refractivity contribution >= 4 is 38.0 Å². The van der Waals surface area contributed by atoms with Crippen molar-refractivity contribution in [2.24, 2.45) is 9.50 Å². The second-order valence-electron chi connectivity index (χ2n) is 5.00. The Hall–Kier alpha value is -2.03. The Morgan fingerprint density at radius 2 is 1.88 bits per heavy atom.